The summed E-state index contributed by atoms with van der Waals surface area (Å²) in [5.74, 6) is 0.108. The summed E-state index contributed by atoms with van der Waals surface area (Å²) in [6.45, 7) is 7.64. The van der Waals surface area contributed by atoms with Crippen LogP contribution < -0.4 is 10.1 Å². The van der Waals surface area contributed by atoms with Crippen LogP contribution in [0.25, 0.3) is 0 Å². The minimum absolute atomic E-state index is 0.216. The molecule has 0 radical (unpaired) electrons. The summed E-state index contributed by atoms with van der Waals surface area (Å²) in [6.07, 6.45) is -0.750. The molecule has 0 unspecified atom stereocenters. The number of hydrogen-bond donors (Lipinski definition) is 1. The molecule has 3 rings (SSSR count). The van der Waals surface area contributed by atoms with E-state index in [4.69, 9.17) is 16.3 Å². The molecular weight excluding hydrogens is 398 g/mol. The van der Waals surface area contributed by atoms with Crippen molar-refractivity contribution in [2.75, 3.05) is 5.32 Å². The van der Waals surface area contributed by atoms with Crippen LogP contribution in [0.2, 0.25) is 5.02 Å². The van der Waals surface area contributed by atoms with Gasteiger partial charge in [-0.15, -0.1) is 0 Å². The molecule has 3 aromatic rings. The summed E-state index contributed by atoms with van der Waals surface area (Å²) in [6, 6.07) is 17.7. The summed E-state index contributed by atoms with van der Waals surface area (Å²) < 4.78 is 5.93. The zero-order chi connectivity index (χ0) is 21.8. The predicted octanol–water partition coefficient (Wildman–Crippen LogP) is 5.90. The van der Waals surface area contributed by atoms with Crippen LogP contribution >= 0.6 is 11.6 Å². The molecule has 0 aliphatic carbocycles. The van der Waals surface area contributed by atoms with Gasteiger partial charge in [0.05, 0.1) is 5.69 Å². The van der Waals surface area contributed by atoms with E-state index in [0.717, 1.165) is 16.7 Å². The third-order valence-corrected chi connectivity index (χ3v) is 5.19. The van der Waals surface area contributed by atoms with Crippen LogP contribution in [0.3, 0.4) is 0 Å². The van der Waals surface area contributed by atoms with Crippen LogP contribution in [0.4, 0.5) is 5.69 Å². The van der Waals surface area contributed by atoms with Crippen molar-refractivity contribution in [2.24, 2.45) is 0 Å². The zero-order valence-electron chi connectivity index (χ0n) is 17.5. The minimum atomic E-state index is -0.750. The molecule has 3 aromatic carbocycles. The summed E-state index contributed by atoms with van der Waals surface area (Å²) >= 11 is 6.11. The molecule has 1 atom stereocenters. The van der Waals surface area contributed by atoms with Crippen molar-refractivity contribution in [1.82, 2.24) is 0 Å². The van der Waals surface area contributed by atoms with Gasteiger partial charge in [-0.1, -0.05) is 48.0 Å². The van der Waals surface area contributed by atoms with Crippen LogP contribution in [0.15, 0.2) is 60.7 Å². The highest BCUT2D eigenvalue weighted by atomic mass is 35.5. The lowest BCUT2D eigenvalue weighted by Crippen LogP contribution is -2.31. The number of ether oxygens (including phenoxy) is 1. The Labute approximate surface area is 181 Å². The van der Waals surface area contributed by atoms with Gasteiger partial charge in [0.2, 0.25) is 0 Å². The number of aryl methyl sites for hydroxylation is 2. The molecule has 0 aliphatic heterocycles. The molecule has 1 N–H and O–H groups in total. The summed E-state index contributed by atoms with van der Waals surface area (Å²) in [5, 5.41) is 3.23. The topological polar surface area (TPSA) is 55.4 Å². The molecule has 5 heteroatoms. The molecule has 154 valence electrons. The number of halogens is 1. The lowest BCUT2D eigenvalue weighted by atomic mass is 10.0. The van der Waals surface area contributed by atoms with E-state index in [1.165, 1.54) is 0 Å². The van der Waals surface area contributed by atoms with Gasteiger partial charge in [-0.05, 0) is 68.7 Å². The first-order valence-corrected chi connectivity index (χ1v) is 10.1. The number of carbonyl (C=O) groups is 2. The molecule has 0 fully saturated rings. The van der Waals surface area contributed by atoms with E-state index in [1.807, 2.05) is 32.9 Å². The van der Waals surface area contributed by atoms with Crippen LogP contribution in [0, 0.1) is 20.8 Å². The molecule has 0 saturated heterocycles. The Morgan fingerprint density at radius 3 is 2.37 bits per heavy atom. The van der Waals surface area contributed by atoms with Gasteiger partial charge < -0.3 is 10.1 Å². The Morgan fingerprint density at radius 1 is 0.967 bits per heavy atom. The van der Waals surface area contributed by atoms with Gasteiger partial charge in [-0.3, -0.25) is 9.59 Å². The zero-order valence-corrected chi connectivity index (χ0v) is 18.2. The summed E-state index contributed by atoms with van der Waals surface area (Å²) in [5.41, 5.74) is 4.40. The first-order chi connectivity index (χ1) is 14.3. The second-order valence-electron chi connectivity index (χ2n) is 7.34. The molecule has 0 bridgehead atoms. The smallest absolute Gasteiger partial charge is 0.265 e. The van der Waals surface area contributed by atoms with Crippen molar-refractivity contribution in [3.8, 4) is 5.75 Å². The van der Waals surface area contributed by atoms with E-state index in [-0.39, 0.29) is 11.7 Å². The number of nitrogens with one attached hydrogen (secondary N) is 1. The molecular formula is C25H24ClNO3. The SMILES string of the molecule is Cc1cc(C)c(C)c(O[C@H](C)C(=O)Nc2ccc(Cl)cc2C(=O)c2ccccc2)c1. The fraction of sp³-hybridized carbons (Fsp3) is 0.200. The molecule has 30 heavy (non-hydrogen) atoms. The van der Waals surface area contributed by atoms with E-state index in [9.17, 15) is 9.59 Å². The standard InChI is InChI=1S/C25H24ClNO3/c1-15-12-16(2)17(3)23(13-15)30-18(4)25(29)27-22-11-10-20(26)14-21(22)24(28)19-8-6-5-7-9-19/h5-14,18H,1-4H3,(H,27,29)/t18-/m1/s1. The minimum Gasteiger partial charge on any atom is -0.481 e. The predicted molar refractivity (Wildman–Crippen MR) is 121 cm³/mol. The van der Waals surface area contributed by atoms with E-state index in [0.29, 0.717) is 27.6 Å². The number of ketones is 1. The Kier molecular flexibility index (Phi) is 6.58. The summed E-state index contributed by atoms with van der Waals surface area (Å²) in [7, 11) is 0. The molecule has 0 aromatic heterocycles. The number of anilines is 1. The third kappa shape index (κ3) is 4.89. The quantitative estimate of drug-likeness (QED) is 0.504. The lowest BCUT2D eigenvalue weighted by molar-refractivity contribution is -0.122. The highest BCUT2D eigenvalue weighted by molar-refractivity contribution is 6.31. The van der Waals surface area contributed by atoms with Gasteiger partial charge in [0.15, 0.2) is 11.9 Å². The maximum absolute atomic E-state index is 12.9. The van der Waals surface area contributed by atoms with Gasteiger partial charge in [-0.25, -0.2) is 0 Å². The van der Waals surface area contributed by atoms with Crippen molar-refractivity contribution in [3.63, 3.8) is 0 Å². The number of benzene rings is 3. The van der Waals surface area contributed by atoms with Crippen molar-refractivity contribution in [2.45, 2.75) is 33.8 Å². The second kappa shape index (κ2) is 9.14. The van der Waals surface area contributed by atoms with E-state index in [1.54, 1.807) is 49.4 Å². The lowest BCUT2D eigenvalue weighted by Gasteiger charge is -2.19. The molecule has 4 nitrogen and oxygen atoms in total. The Morgan fingerprint density at radius 2 is 1.67 bits per heavy atom. The average Bonchev–Trinajstić information content (AvgIpc) is 2.72. The third-order valence-electron chi connectivity index (χ3n) is 4.96. The monoisotopic (exact) mass is 421 g/mol. The maximum atomic E-state index is 12.9. The number of rotatable bonds is 6. The molecule has 0 heterocycles. The van der Waals surface area contributed by atoms with Crippen LogP contribution in [-0.4, -0.2) is 17.8 Å². The molecule has 0 aliphatic rings. The van der Waals surface area contributed by atoms with Crippen molar-refractivity contribution in [1.29, 1.82) is 0 Å². The maximum Gasteiger partial charge on any atom is 0.265 e. The van der Waals surface area contributed by atoms with Crippen LogP contribution in [0.1, 0.15) is 39.5 Å². The van der Waals surface area contributed by atoms with Gasteiger partial charge >= 0.3 is 0 Å². The Hall–Kier alpha value is -3.11. The van der Waals surface area contributed by atoms with Crippen molar-refractivity contribution >= 4 is 29.0 Å². The Bertz CT molecular complexity index is 1090. The normalized spacial score (nSPS) is 11.6. The largest absolute Gasteiger partial charge is 0.481 e. The average molecular weight is 422 g/mol. The first kappa shape index (κ1) is 21.6. The highest BCUT2D eigenvalue weighted by Crippen LogP contribution is 2.26. The summed E-state index contributed by atoms with van der Waals surface area (Å²) in [4.78, 5) is 25.8. The van der Waals surface area contributed by atoms with Gasteiger partial charge in [-0.2, -0.15) is 0 Å². The highest BCUT2D eigenvalue weighted by Gasteiger charge is 2.20. The van der Waals surface area contributed by atoms with Gasteiger partial charge in [0.25, 0.3) is 5.91 Å². The van der Waals surface area contributed by atoms with E-state index < -0.39 is 6.10 Å². The van der Waals surface area contributed by atoms with Crippen molar-refractivity contribution in [3.05, 3.63) is 93.5 Å². The first-order valence-electron chi connectivity index (χ1n) is 9.71. The van der Waals surface area contributed by atoms with Gasteiger partial charge in [0, 0.05) is 16.1 Å². The number of amides is 1. The van der Waals surface area contributed by atoms with Crippen LogP contribution in [0.5, 0.6) is 5.75 Å². The number of hydrogen-bond acceptors (Lipinski definition) is 3. The molecule has 0 saturated carbocycles. The fourth-order valence-corrected chi connectivity index (χ4v) is 3.33. The molecule has 0 spiro atoms. The van der Waals surface area contributed by atoms with Crippen LogP contribution in [-0.2, 0) is 4.79 Å². The molecule has 1 amide bonds. The van der Waals surface area contributed by atoms with E-state index >= 15 is 0 Å². The van der Waals surface area contributed by atoms with Crippen molar-refractivity contribution < 1.29 is 14.3 Å². The Balaban J connectivity index is 1.82. The number of carbonyl (C=O) groups excluding carboxylic acids is 2. The second-order valence-corrected chi connectivity index (χ2v) is 7.78. The fourth-order valence-electron chi connectivity index (χ4n) is 3.16. The van der Waals surface area contributed by atoms with E-state index in [2.05, 4.69) is 11.4 Å². The van der Waals surface area contributed by atoms with Gasteiger partial charge in [0.1, 0.15) is 5.75 Å².